The molecule has 0 saturated heterocycles. The van der Waals surface area contributed by atoms with Crippen LogP contribution in [0.1, 0.15) is 11.1 Å². The number of halogens is 2. The fourth-order valence-corrected chi connectivity index (χ4v) is 3.56. The lowest BCUT2D eigenvalue weighted by atomic mass is 10.2. The first kappa shape index (κ1) is 21.9. The molecule has 6 nitrogen and oxygen atoms in total. The smallest absolute Gasteiger partial charge is 0.216 e. The van der Waals surface area contributed by atoms with E-state index in [0.717, 1.165) is 21.2 Å². The number of rotatable bonds is 7. The van der Waals surface area contributed by atoms with Gasteiger partial charge in [-0.1, -0.05) is 42.5 Å². The van der Waals surface area contributed by atoms with Crippen LogP contribution in [0.3, 0.4) is 0 Å². The van der Waals surface area contributed by atoms with Crippen molar-refractivity contribution in [3.8, 4) is 22.9 Å². The van der Waals surface area contributed by atoms with E-state index < -0.39 is 0 Å². The van der Waals surface area contributed by atoms with Crippen molar-refractivity contribution in [2.24, 2.45) is 5.10 Å². The zero-order valence-electron chi connectivity index (χ0n) is 17.0. The molecule has 162 valence electrons. The van der Waals surface area contributed by atoms with Gasteiger partial charge in [0.1, 0.15) is 12.4 Å². The first-order valence-electron chi connectivity index (χ1n) is 9.57. The molecule has 32 heavy (non-hydrogen) atoms. The van der Waals surface area contributed by atoms with Gasteiger partial charge in [0.25, 0.3) is 0 Å². The van der Waals surface area contributed by atoms with Crippen molar-refractivity contribution in [2.45, 2.75) is 6.61 Å². The van der Waals surface area contributed by atoms with Gasteiger partial charge in [-0.05, 0) is 58.0 Å². The van der Waals surface area contributed by atoms with Crippen LogP contribution in [0.15, 0.2) is 76.3 Å². The predicted octanol–water partition coefficient (Wildman–Crippen LogP) is 5.98. The third kappa shape index (κ3) is 4.95. The minimum Gasteiger partial charge on any atom is -0.493 e. The molecule has 0 unspecified atom stereocenters. The lowest BCUT2D eigenvalue weighted by Crippen LogP contribution is -2.00. The largest absolute Gasteiger partial charge is 0.493 e. The van der Waals surface area contributed by atoms with Gasteiger partial charge in [0.15, 0.2) is 17.3 Å². The number of benzene rings is 3. The summed E-state index contributed by atoms with van der Waals surface area (Å²) < 4.78 is 27.2. The molecule has 0 saturated carbocycles. The second-order valence-corrected chi connectivity index (χ2v) is 7.96. The SMILES string of the molecule is COc1cc(/C=N\n2c(-c3ccccc3)n[nH]c2=S)c(Br)cc1OCc1ccc(F)cc1. The summed E-state index contributed by atoms with van der Waals surface area (Å²) in [4.78, 5) is 0. The number of aromatic amines is 1. The molecule has 0 radical (unpaired) electrons. The summed E-state index contributed by atoms with van der Waals surface area (Å²) in [5.74, 6) is 1.40. The minimum atomic E-state index is -0.286. The Hall–Kier alpha value is -3.30. The molecule has 1 aromatic heterocycles. The maximum absolute atomic E-state index is 13.1. The first-order valence-corrected chi connectivity index (χ1v) is 10.8. The van der Waals surface area contributed by atoms with Crippen molar-refractivity contribution < 1.29 is 13.9 Å². The molecule has 0 spiro atoms. The quantitative estimate of drug-likeness (QED) is 0.244. The summed E-state index contributed by atoms with van der Waals surface area (Å²) >= 11 is 8.89. The van der Waals surface area contributed by atoms with Crippen LogP contribution in [0.2, 0.25) is 0 Å². The first-order chi connectivity index (χ1) is 15.5. The van der Waals surface area contributed by atoms with Crippen LogP contribution in [-0.4, -0.2) is 28.2 Å². The molecule has 3 aromatic carbocycles. The van der Waals surface area contributed by atoms with Gasteiger partial charge in [0.2, 0.25) is 4.77 Å². The fraction of sp³-hybridized carbons (Fsp3) is 0.0870. The normalized spacial score (nSPS) is 11.1. The molecule has 0 aliphatic heterocycles. The predicted molar refractivity (Wildman–Crippen MR) is 127 cm³/mol. The Bertz CT molecular complexity index is 1300. The van der Waals surface area contributed by atoms with E-state index in [0.29, 0.717) is 22.1 Å². The van der Waals surface area contributed by atoms with Crippen LogP contribution in [0.4, 0.5) is 4.39 Å². The Kier molecular flexibility index (Phi) is 6.77. The monoisotopic (exact) mass is 512 g/mol. The summed E-state index contributed by atoms with van der Waals surface area (Å²) in [5, 5.41) is 11.6. The van der Waals surface area contributed by atoms with E-state index in [1.807, 2.05) is 30.3 Å². The highest BCUT2D eigenvalue weighted by molar-refractivity contribution is 9.10. The number of nitrogens with one attached hydrogen (secondary N) is 1. The van der Waals surface area contributed by atoms with Crippen molar-refractivity contribution in [1.82, 2.24) is 14.9 Å². The second kappa shape index (κ2) is 9.88. The number of hydrogen-bond donors (Lipinski definition) is 1. The lowest BCUT2D eigenvalue weighted by Gasteiger charge is -2.13. The van der Waals surface area contributed by atoms with Gasteiger partial charge in [0, 0.05) is 15.6 Å². The summed E-state index contributed by atoms with van der Waals surface area (Å²) in [6.07, 6.45) is 1.66. The number of ether oxygens (including phenoxy) is 2. The van der Waals surface area contributed by atoms with Gasteiger partial charge in [-0.15, -0.1) is 0 Å². The molecule has 4 aromatic rings. The van der Waals surface area contributed by atoms with Crippen molar-refractivity contribution in [1.29, 1.82) is 0 Å². The standard InChI is InChI=1S/C23H18BrFN4O2S/c1-30-20-11-17(19(24)12-21(20)31-14-15-7-9-18(25)10-8-15)13-26-29-22(27-28-23(29)32)16-5-3-2-4-6-16/h2-13H,14H2,1H3,(H,28,32)/b26-13-. The Morgan fingerprint density at radius 2 is 1.88 bits per heavy atom. The summed E-state index contributed by atoms with van der Waals surface area (Å²) in [7, 11) is 1.56. The topological polar surface area (TPSA) is 64.4 Å². The van der Waals surface area contributed by atoms with E-state index in [4.69, 9.17) is 21.7 Å². The molecule has 0 atom stereocenters. The molecular formula is C23H18BrFN4O2S. The maximum atomic E-state index is 13.1. The second-order valence-electron chi connectivity index (χ2n) is 6.71. The zero-order chi connectivity index (χ0) is 22.5. The highest BCUT2D eigenvalue weighted by atomic mass is 79.9. The van der Waals surface area contributed by atoms with Crippen molar-refractivity contribution >= 4 is 34.4 Å². The highest BCUT2D eigenvalue weighted by Crippen LogP contribution is 2.33. The van der Waals surface area contributed by atoms with Gasteiger partial charge in [-0.2, -0.15) is 14.9 Å². The van der Waals surface area contributed by atoms with Crippen molar-refractivity contribution in [3.05, 3.63) is 92.9 Å². The fourth-order valence-electron chi connectivity index (χ4n) is 2.96. The zero-order valence-corrected chi connectivity index (χ0v) is 19.4. The van der Waals surface area contributed by atoms with Gasteiger partial charge in [-0.3, -0.25) is 0 Å². The molecule has 0 aliphatic rings. The third-order valence-electron chi connectivity index (χ3n) is 4.59. The van der Waals surface area contributed by atoms with Crippen LogP contribution in [0.5, 0.6) is 11.5 Å². The molecule has 0 fully saturated rings. The number of H-pyrrole nitrogens is 1. The van der Waals surface area contributed by atoms with Gasteiger partial charge >= 0.3 is 0 Å². The summed E-state index contributed by atoms with van der Waals surface area (Å²) in [6, 6.07) is 19.4. The van der Waals surface area contributed by atoms with Crippen LogP contribution in [-0.2, 0) is 6.61 Å². The Labute approximate surface area is 197 Å². The van der Waals surface area contributed by atoms with Crippen LogP contribution in [0, 0.1) is 10.6 Å². The Balaban J connectivity index is 1.59. The summed E-state index contributed by atoms with van der Waals surface area (Å²) in [5.41, 5.74) is 2.49. The number of hydrogen-bond acceptors (Lipinski definition) is 5. The number of nitrogens with zero attached hydrogens (tertiary/aromatic N) is 3. The number of methoxy groups -OCH3 is 1. The van der Waals surface area contributed by atoms with Crippen LogP contribution < -0.4 is 9.47 Å². The molecule has 1 N–H and O–H groups in total. The van der Waals surface area contributed by atoms with Gasteiger partial charge in [-0.25, -0.2) is 9.49 Å². The average Bonchev–Trinajstić information content (AvgIpc) is 3.18. The van der Waals surface area contributed by atoms with E-state index in [1.54, 1.807) is 42.3 Å². The Morgan fingerprint density at radius 1 is 1.12 bits per heavy atom. The Morgan fingerprint density at radius 3 is 2.59 bits per heavy atom. The maximum Gasteiger partial charge on any atom is 0.216 e. The van der Waals surface area contributed by atoms with E-state index in [2.05, 4.69) is 31.2 Å². The molecule has 0 amide bonds. The number of aromatic nitrogens is 3. The van der Waals surface area contributed by atoms with Gasteiger partial charge < -0.3 is 9.47 Å². The van der Waals surface area contributed by atoms with E-state index in [9.17, 15) is 4.39 Å². The molecule has 0 bridgehead atoms. The van der Waals surface area contributed by atoms with E-state index in [1.165, 1.54) is 12.1 Å². The minimum absolute atomic E-state index is 0.279. The molecule has 0 aliphatic carbocycles. The molecule has 9 heteroatoms. The van der Waals surface area contributed by atoms with Gasteiger partial charge in [0.05, 0.1) is 13.3 Å². The molecular weight excluding hydrogens is 495 g/mol. The van der Waals surface area contributed by atoms with E-state index in [-0.39, 0.29) is 12.4 Å². The van der Waals surface area contributed by atoms with Crippen LogP contribution in [0.25, 0.3) is 11.4 Å². The molecule has 1 heterocycles. The van der Waals surface area contributed by atoms with Crippen molar-refractivity contribution in [3.63, 3.8) is 0 Å². The summed E-state index contributed by atoms with van der Waals surface area (Å²) in [6.45, 7) is 0.279. The highest BCUT2D eigenvalue weighted by Gasteiger charge is 2.11. The van der Waals surface area contributed by atoms with Crippen LogP contribution >= 0.6 is 28.1 Å². The molecule has 4 rings (SSSR count). The average molecular weight is 513 g/mol. The lowest BCUT2D eigenvalue weighted by molar-refractivity contribution is 0.284. The van der Waals surface area contributed by atoms with Crippen molar-refractivity contribution in [2.75, 3.05) is 7.11 Å². The van der Waals surface area contributed by atoms with E-state index >= 15 is 0 Å². The third-order valence-corrected chi connectivity index (χ3v) is 5.54.